The van der Waals surface area contributed by atoms with Crippen LogP contribution >= 0.6 is 0 Å². The van der Waals surface area contributed by atoms with Crippen LogP contribution < -0.4 is 0 Å². The molecule has 0 amide bonds. The number of hydrogen-bond acceptors (Lipinski definition) is 3. The lowest BCUT2D eigenvalue weighted by atomic mass is 10.0. The first-order valence-corrected chi connectivity index (χ1v) is 15.0. The minimum absolute atomic E-state index is 0.00245. The van der Waals surface area contributed by atoms with Gasteiger partial charge in [-0.1, -0.05) is 123 Å². The number of unbranched alkanes of at least 4 members (excludes halogenated alkanes) is 18. The van der Waals surface area contributed by atoms with Gasteiger partial charge in [0.05, 0.1) is 0 Å². The molecule has 0 rings (SSSR count). The van der Waals surface area contributed by atoms with E-state index in [4.69, 9.17) is 9.84 Å². The van der Waals surface area contributed by atoms with Gasteiger partial charge in [-0.25, -0.2) is 0 Å². The Balaban J connectivity index is 4.03. The highest BCUT2D eigenvalue weighted by atomic mass is 16.5. The molecule has 0 aliphatic heterocycles. The van der Waals surface area contributed by atoms with Crippen LogP contribution in [0.3, 0.4) is 0 Å². The van der Waals surface area contributed by atoms with Gasteiger partial charge in [0.1, 0.15) is 6.10 Å². The molecule has 1 atom stereocenters. The summed E-state index contributed by atoms with van der Waals surface area (Å²) < 4.78 is 5.91. The molecule has 0 aliphatic rings. The van der Waals surface area contributed by atoms with Crippen LogP contribution in [0, 0.1) is 0 Å². The summed E-state index contributed by atoms with van der Waals surface area (Å²) in [5.74, 6) is -0.703. The molecule has 4 nitrogen and oxygen atoms in total. The summed E-state index contributed by atoms with van der Waals surface area (Å²) >= 11 is 0. The van der Waals surface area contributed by atoms with E-state index in [0.29, 0.717) is 6.42 Å². The van der Waals surface area contributed by atoms with E-state index in [0.717, 1.165) is 64.2 Å². The number of hydrogen-bond donors (Lipinski definition) is 1. The fraction of sp³-hybridized carbons (Fsp3) is 0.933. The summed E-state index contributed by atoms with van der Waals surface area (Å²) in [6, 6.07) is 0. The standard InChI is InChI=1S/C30H58O4/c1-3-5-7-9-11-12-14-19-23-27-30(33)34-28(24-20-16-13-10-8-6-4-2)25-21-17-15-18-22-26-29(31)32/h28H,3-27H2,1-2H3,(H,31,32). The van der Waals surface area contributed by atoms with Crippen LogP contribution in [-0.4, -0.2) is 23.1 Å². The predicted molar refractivity (Wildman–Crippen MR) is 144 cm³/mol. The molecule has 1 N–H and O–H groups in total. The summed E-state index contributed by atoms with van der Waals surface area (Å²) in [6.45, 7) is 4.50. The smallest absolute Gasteiger partial charge is 0.306 e. The number of carboxylic acids is 1. The molecule has 0 bridgehead atoms. The van der Waals surface area contributed by atoms with E-state index in [-0.39, 0.29) is 18.5 Å². The Bertz CT molecular complexity index is 449. The lowest BCUT2D eigenvalue weighted by molar-refractivity contribution is -0.150. The van der Waals surface area contributed by atoms with Crippen LogP contribution in [-0.2, 0) is 14.3 Å². The van der Waals surface area contributed by atoms with Crippen molar-refractivity contribution in [2.45, 2.75) is 180 Å². The van der Waals surface area contributed by atoms with E-state index < -0.39 is 5.97 Å². The first kappa shape index (κ1) is 32.9. The highest BCUT2D eigenvalue weighted by Gasteiger charge is 2.14. The second kappa shape index (κ2) is 26.5. The van der Waals surface area contributed by atoms with Crippen molar-refractivity contribution in [2.24, 2.45) is 0 Å². The number of rotatable bonds is 27. The lowest BCUT2D eigenvalue weighted by Crippen LogP contribution is -2.18. The molecule has 0 spiro atoms. The topological polar surface area (TPSA) is 63.6 Å². The molecule has 0 saturated heterocycles. The third-order valence-corrected chi connectivity index (χ3v) is 6.83. The molecule has 34 heavy (non-hydrogen) atoms. The highest BCUT2D eigenvalue weighted by Crippen LogP contribution is 2.18. The SMILES string of the molecule is CCCCCCCCCCCC(=O)OC(CCCCCCCCC)CCCCCCCC(=O)O. The Morgan fingerprint density at radius 1 is 0.529 bits per heavy atom. The average Bonchev–Trinajstić information content (AvgIpc) is 2.81. The molecule has 0 saturated carbocycles. The number of esters is 1. The Kier molecular flexibility index (Phi) is 25.7. The summed E-state index contributed by atoms with van der Waals surface area (Å²) in [6.07, 6.45) is 28.2. The monoisotopic (exact) mass is 482 g/mol. The zero-order valence-electron chi connectivity index (χ0n) is 22.9. The summed E-state index contributed by atoms with van der Waals surface area (Å²) in [5, 5.41) is 8.73. The van der Waals surface area contributed by atoms with Crippen molar-refractivity contribution in [1.82, 2.24) is 0 Å². The van der Waals surface area contributed by atoms with Crippen molar-refractivity contribution in [2.75, 3.05) is 0 Å². The van der Waals surface area contributed by atoms with Crippen molar-refractivity contribution in [1.29, 1.82) is 0 Å². The Labute approximate surface area is 212 Å². The maximum absolute atomic E-state index is 12.4. The maximum atomic E-state index is 12.4. The summed E-state index contributed by atoms with van der Waals surface area (Å²) in [4.78, 5) is 23.0. The van der Waals surface area contributed by atoms with Crippen molar-refractivity contribution in [3.05, 3.63) is 0 Å². The second-order valence-electron chi connectivity index (χ2n) is 10.3. The number of aliphatic carboxylic acids is 1. The average molecular weight is 483 g/mol. The molecule has 0 heterocycles. The molecule has 0 radical (unpaired) electrons. The number of carbonyl (C=O) groups is 2. The van der Waals surface area contributed by atoms with Gasteiger partial charge in [-0.3, -0.25) is 9.59 Å². The van der Waals surface area contributed by atoms with E-state index >= 15 is 0 Å². The van der Waals surface area contributed by atoms with Crippen molar-refractivity contribution in [3.63, 3.8) is 0 Å². The number of carboxylic acid groups (broad SMARTS) is 1. The fourth-order valence-electron chi connectivity index (χ4n) is 4.59. The maximum Gasteiger partial charge on any atom is 0.306 e. The minimum Gasteiger partial charge on any atom is -0.481 e. The van der Waals surface area contributed by atoms with Gasteiger partial charge in [-0.2, -0.15) is 0 Å². The molecule has 0 fully saturated rings. The van der Waals surface area contributed by atoms with Crippen LogP contribution in [0.25, 0.3) is 0 Å². The zero-order valence-corrected chi connectivity index (χ0v) is 22.9. The van der Waals surface area contributed by atoms with Crippen LogP contribution in [0.2, 0.25) is 0 Å². The normalized spacial score (nSPS) is 12.1. The van der Waals surface area contributed by atoms with E-state index in [1.807, 2.05) is 0 Å². The minimum atomic E-state index is -0.700. The summed E-state index contributed by atoms with van der Waals surface area (Å²) in [5.41, 5.74) is 0. The molecule has 0 aromatic carbocycles. The van der Waals surface area contributed by atoms with E-state index in [9.17, 15) is 9.59 Å². The van der Waals surface area contributed by atoms with E-state index in [2.05, 4.69) is 13.8 Å². The number of ether oxygens (including phenoxy) is 1. The van der Waals surface area contributed by atoms with Crippen LogP contribution in [0.4, 0.5) is 0 Å². The first-order valence-electron chi connectivity index (χ1n) is 15.0. The third-order valence-electron chi connectivity index (χ3n) is 6.83. The molecule has 1 unspecified atom stereocenters. The summed E-state index contributed by atoms with van der Waals surface area (Å²) in [7, 11) is 0. The largest absolute Gasteiger partial charge is 0.481 e. The first-order chi connectivity index (χ1) is 16.6. The van der Waals surface area contributed by atoms with Crippen LogP contribution in [0.5, 0.6) is 0 Å². The van der Waals surface area contributed by atoms with E-state index in [1.165, 1.54) is 83.5 Å². The molecule has 0 aliphatic carbocycles. The molecular weight excluding hydrogens is 424 g/mol. The highest BCUT2D eigenvalue weighted by molar-refractivity contribution is 5.69. The van der Waals surface area contributed by atoms with Gasteiger partial charge in [0, 0.05) is 12.8 Å². The third kappa shape index (κ3) is 25.6. The zero-order chi connectivity index (χ0) is 25.1. The van der Waals surface area contributed by atoms with Gasteiger partial charge < -0.3 is 9.84 Å². The van der Waals surface area contributed by atoms with Crippen molar-refractivity contribution < 1.29 is 19.4 Å². The Hall–Kier alpha value is -1.06. The van der Waals surface area contributed by atoms with Gasteiger partial charge in [0.2, 0.25) is 0 Å². The number of carbonyl (C=O) groups excluding carboxylic acids is 1. The van der Waals surface area contributed by atoms with Crippen LogP contribution in [0.15, 0.2) is 0 Å². The second-order valence-corrected chi connectivity index (χ2v) is 10.3. The Morgan fingerprint density at radius 3 is 1.29 bits per heavy atom. The molecule has 0 aromatic rings. The van der Waals surface area contributed by atoms with Gasteiger partial charge in [-0.15, -0.1) is 0 Å². The molecule has 4 heteroatoms. The van der Waals surface area contributed by atoms with Gasteiger partial charge >= 0.3 is 11.9 Å². The van der Waals surface area contributed by atoms with Gasteiger partial charge in [-0.05, 0) is 38.5 Å². The predicted octanol–water partition coefficient (Wildman–Crippen LogP) is 9.78. The van der Waals surface area contributed by atoms with Gasteiger partial charge in [0.15, 0.2) is 0 Å². The quantitative estimate of drug-likeness (QED) is 0.0934. The molecular formula is C30H58O4. The van der Waals surface area contributed by atoms with Crippen molar-refractivity contribution >= 4 is 11.9 Å². The van der Waals surface area contributed by atoms with Gasteiger partial charge in [0.25, 0.3) is 0 Å². The van der Waals surface area contributed by atoms with Crippen LogP contribution in [0.1, 0.15) is 174 Å². The fourth-order valence-corrected chi connectivity index (χ4v) is 4.59. The van der Waals surface area contributed by atoms with E-state index in [1.54, 1.807) is 0 Å². The Morgan fingerprint density at radius 2 is 0.882 bits per heavy atom. The molecule has 0 aromatic heterocycles. The van der Waals surface area contributed by atoms with Crippen molar-refractivity contribution in [3.8, 4) is 0 Å². The molecule has 202 valence electrons. The lowest BCUT2D eigenvalue weighted by Gasteiger charge is -2.18.